The van der Waals surface area contributed by atoms with Gasteiger partial charge in [0.25, 0.3) is 0 Å². The van der Waals surface area contributed by atoms with Crippen LogP contribution in [-0.4, -0.2) is 49.6 Å². The summed E-state index contributed by atoms with van der Waals surface area (Å²) in [5.41, 5.74) is 0. The molecule has 1 heterocycles. The molecule has 0 spiro atoms. The Kier molecular flexibility index (Phi) is 7.17. The topological polar surface area (TPSA) is 70.1 Å². The van der Waals surface area contributed by atoms with E-state index in [0.717, 1.165) is 7.11 Å². The van der Waals surface area contributed by atoms with Crippen LogP contribution in [0.3, 0.4) is 0 Å². The molecule has 0 saturated carbocycles. The lowest BCUT2D eigenvalue weighted by molar-refractivity contribution is 0.193. The highest BCUT2D eigenvalue weighted by molar-refractivity contribution is 7.80. The Morgan fingerprint density at radius 3 is 2.24 bits per heavy atom. The molecule has 0 aromatic heterocycles. The zero-order chi connectivity index (χ0) is 13.5. The molecule has 1 unspecified atom stereocenters. The van der Waals surface area contributed by atoms with Crippen molar-refractivity contribution in [2.24, 2.45) is 0 Å². The zero-order valence-electron chi connectivity index (χ0n) is 10.8. The Bertz CT molecular complexity index is 329. The third-order valence-corrected chi connectivity index (χ3v) is 2.96. The molecule has 1 aliphatic rings. The minimum absolute atomic E-state index is 0.557. The second-order valence-corrected chi connectivity index (χ2v) is 4.97. The van der Waals surface area contributed by atoms with Crippen LogP contribution in [0.1, 0.15) is 26.7 Å². The Morgan fingerprint density at radius 1 is 1.41 bits per heavy atom. The summed E-state index contributed by atoms with van der Waals surface area (Å²) in [6.07, 6.45) is 7.45. The van der Waals surface area contributed by atoms with Crippen LogP contribution in [0.15, 0.2) is 12.4 Å². The molecule has 1 aliphatic heterocycles. The number of nitrogens with zero attached hydrogens (tertiary/aromatic N) is 2. The van der Waals surface area contributed by atoms with Crippen LogP contribution in [0.25, 0.3) is 0 Å². The summed E-state index contributed by atoms with van der Waals surface area (Å²) in [6.45, 7) is 5.66. The van der Waals surface area contributed by atoms with E-state index in [1.54, 1.807) is 0 Å². The van der Waals surface area contributed by atoms with Gasteiger partial charge in [0, 0.05) is 26.0 Å². The largest absolute Gasteiger partial charge is 0.397 e. The van der Waals surface area contributed by atoms with Gasteiger partial charge in [0.15, 0.2) is 0 Å². The van der Waals surface area contributed by atoms with Gasteiger partial charge in [-0.05, 0) is 13.3 Å². The minimum Gasteiger partial charge on any atom is -0.359 e. The van der Waals surface area contributed by atoms with E-state index in [2.05, 4.69) is 47.3 Å². The Morgan fingerprint density at radius 2 is 1.94 bits per heavy atom. The predicted octanol–water partition coefficient (Wildman–Crippen LogP) is 1.29. The lowest BCUT2D eigenvalue weighted by Gasteiger charge is -2.26. The molecular formula is C10H22N2O4S. The fraction of sp³-hybridized carbons (Fsp3) is 0.800. The maximum atomic E-state index is 9.33. The van der Waals surface area contributed by atoms with Crippen molar-refractivity contribution in [3.8, 4) is 0 Å². The summed E-state index contributed by atoms with van der Waals surface area (Å²) in [4.78, 5) is 4.61. The van der Waals surface area contributed by atoms with E-state index in [1.807, 2.05) is 0 Å². The average Bonchev–Trinajstić information content (AvgIpc) is 2.57. The quantitative estimate of drug-likeness (QED) is 0.773. The zero-order valence-corrected chi connectivity index (χ0v) is 11.6. The number of hydrogen-bond donors (Lipinski definition) is 1. The lowest BCUT2D eigenvalue weighted by Crippen LogP contribution is -2.33. The van der Waals surface area contributed by atoms with Gasteiger partial charge in [-0.2, -0.15) is 8.42 Å². The third kappa shape index (κ3) is 7.19. The van der Waals surface area contributed by atoms with Gasteiger partial charge in [0.1, 0.15) is 0 Å². The molecular weight excluding hydrogens is 244 g/mol. The first kappa shape index (κ1) is 16.2. The molecule has 0 aromatic carbocycles. The highest BCUT2D eigenvalue weighted by atomic mass is 32.3. The highest BCUT2D eigenvalue weighted by Gasteiger charge is 2.16. The molecule has 0 amide bonds. The molecule has 7 heteroatoms. The maximum absolute atomic E-state index is 9.33. The molecule has 17 heavy (non-hydrogen) atoms. The Hall–Kier alpha value is -0.790. The molecule has 0 fully saturated rings. The summed E-state index contributed by atoms with van der Waals surface area (Å²) < 4.78 is 29.7. The van der Waals surface area contributed by atoms with Gasteiger partial charge in [-0.25, -0.2) is 0 Å². The molecule has 0 radical (unpaired) electrons. The molecule has 0 aliphatic carbocycles. The van der Waals surface area contributed by atoms with Crippen molar-refractivity contribution in [3.05, 3.63) is 12.4 Å². The van der Waals surface area contributed by atoms with Crippen LogP contribution in [0.4, 0.5) is 0 Å². The van der Waals surface area contributed by atoms with Gasteiger partial charge in [-0.15, -0.1) is 0 Å². The molecule has 1 rings (SSSR count). The monoisotopic (exact) mass is 266 g/mol. The third-order valence-electron chi connectivity index (χ3n) is 2.54. The standard InChI is InChI=1S/C9H18N2.CH4O4S/c1-4-5-6-11-8-7-10(3)9(11)2;1-5-6(2,3)4/h7-9H,4-6H2,1-3H3;1H3,(H,2,3,4). The molecule has 0 bridgehead atoms. The van der Waals surface area contributed by atoms with Gasteiger partial charge in [-0.1, -0.05) is 13.3 Å². The van der Waals surface area contributed by atoms with E-state index in [9.17, 15) is 8.42 Å². The van der Waals surface area contributed by atoms with E-state index >= 15 is 0 Å². The van der Waals surface area contributed by atoms with E-state index in [1.165, 1.54) is 19.4 Å². The van der Waals surface area contributed by atoms with Crippen molar-refractivity contribution >= 4 is 10.4 Å². The fourth-order valence-corrected chi connectivity index (χ4v) is 1.28. The van der Waals surface area contributed by atoms with Crippen molar-refractivity contribution < 1.29 is 17.2 Å². The summed E-state index contributed by atoms with van der Waals surface area (Å²) in [5.74, 6) is 0. The van der Waals surface area contributed by atoms with E-state index in [-0.39, 0.29) is 0 Å². The number of hydrogen-bond acceptors (Lipinski definition) is 5. The summed E-state index contributed by atoms with van der Waals surface area (Å²) in [7, 11) is -1.17. The van der Waals surface area contributed by atoms with Gasteiger partial charge in [-0.3, -0.25) is 8.74 Å². The molecule has 0 aromatic rings. The number of rotatable bonds is 4. The lowest BCUT2D eigenvalue weighted by atomic mass is 10.3. The van der Waals surface area contributed by atoms with Gasteiger partial charge in [0.05, 0.1) is 13.3 Å². The van der Waals surface area contributed by atoms with E-state index in [0.29, 0.717) is 6.17 Å². The van der Waals surface area contributed by atoms with Crippen molar-refractivity contribution in [2.75, 3.05) is 20.7 Å². The first-order chi connectivity index (χ1) is 7.81. The molecule has 6 nitrogen and oxygen atoms in total. The van der Waals surface area contributed by atoms with Gasteiger partial charge >= 0.3 is 10.4 Å². The van der Waals surface area contributed by atoms with Crippen molar-refractivity contribution in [1.82, 2.24) is 9.80 Å². The first-order valence-electron chi connectivity index (χ1n) is 5.50. The second-order valence-electron chi connectivity index (χ2n) is 3.78. The Labute approximate surface area is 104 Å². The van der Waals surface area contributed by atoms with E-state index in [4.69, 9.17) is 4.55 Å². The molecule has 102 valence electrons. The van der Waals surface area contributed by atoms with Crippen LogP contribution >= 0.6 is 0 Å². The molecule has 0 saturated heterocycles. The predicted molar refractivity (Wildman–Crippen MR) is 66.5 cm³/mol. The van der Waals surface area contributed by atoms with Crippen LogP contribution in [-0.2, 0) is 14.6 Å². The molecule has 1 N–H and O–H groups in total. The van der Waals surface area contributed by atoms with Gasteiger partial charge in [0.2, 0.25) is 0 Å². The maximum Gasteiger partial charge on any atom is 0.397 e. The van der Waals surface area contributed by atoms with Gasteiger partial charge < -0.3 is 9.80 Å². The molecule has 1 atom stereocenters. The van der Waals surface area contributed by atoms with Crippen LogP contribution in [0, 0.1) is 0 Å². The fourth-order valence-electron chi connectivity index (χ4n) is 1.28. The smallest absolute Gasteiger partial charge is 0.359 e. The van der Waals surface area contributed by atoms with Crippen LogP contribution in [0.2, 0.25) is 0 Å². The average molecular weight is 266 g/mol. The summed E-state index contributed by atoms with van der Waals surface area (Å²) in [5, 5.41) is 0. The summed E-state index contributed by atoms with van der Waals surface area (Å²) in [6, 6.07) is 0. The minimum atomic E-state index is -4.16. The SMILES string of the molecule is CCCCN1C=CN(C)C1C.COS(=O)(=O)O. The van der Waals surface area contributed by atoms with Crippen molar-refractivity contribution in [2.45, 2.75) is 32.9 Å². The van der Waals surface area contributed by atoms with Crippen molar-refractivity contribution in [3.63, 3.8) is 0 Å². The second kappa shape index (κ2) is 7.52. The number of unbranched alkanes of at least 4 members (excludes halogenated alkanes) is 1. The first-order valence-corrected chi connectivity index (χ1v) is 6.87. The van der Waals surface area contributed by atoms with E-state index < -0.39 is 10.4 Å². The van der Waals surface area contributed by atoms with Crippen LogP contribution in [0.5, 0.6) is 0 Å². The highest BCUT2D eigenvalue weighted by Crippen LogP contribution is 2.13. The normalized spacial score (nSPS) is 19.2. The van der Waals surface area contributed by atoms with Crippen LogP contribution < -0.4 is 0 Å². The van der Waals surface area contributed by atoms with Crippen molar-refractivity contribution in [1.29, 1.82) is 0 Å². The Balaban J connectivity index is 0.000000366. The summed E-state index contributed by atoms with van der Waals surface area (Å²) >= 11 is 0.